The van der Waals surface area contributed by atoms with Gasteiger partial charge in [-0.25, -0.2) is 0 Å². The van der Waals surface area contributed by atoms with Crippen molar-refractivity contribution in [3.8, 4) is 17.2 Å². The second-order valence-corrected chi connectivity index (χ2v) is 6.86. The van der Waals surface area contributed by atoms with E-state index >= 15 is 0 Å². The van der Waals surface area contributed by atoms with Gasteiger partial charge in [0.05, 0.1) is 6.10 Å². The van der Waals surface area contributed by atoms with Gasteiger partial charge in [0, 0.05) is 12.1 Å². The number of ether oxygens (including phenoxy) is 3. The van der Waals surface area contributed by atoms with Gasteiger partial charge in [0.2, 0.25) is 6.79 Å². The van der Waals surface area contributed by atoms with Crippen LogP contribution in [0.2, 0.25) is 0 Å². The molecule has 0 spiro atoms. The van der Waals surface area contributed by atoms with Crippen LogP contribution in [0.25, 0.3) is 0 Å². The summed E-state index contributed by atoms with van der Waals surface area (Å²) in [6, 6.07) is 14.3. The van der Waals surface area contributed by atoms with Crippen molar-refractivity contribution in [2.75, 3.05) is 6.79 Å². The Morgan fingerprint density at radius 2 is 1.88 bits per heavy atom. The van der Waals surface area contributed by atoms with Gasteiger partial charge in [-0.1, -0.05) is 18.2 Å². The van der Waals surface area contributed by atoms with Gasteiger partial charge in [0.1, 0.15) is 5.75 Å². The minimum atomic E-state index is -0.185. The Morgan fingerprint density at radius 3 is 2.67 bits per heavy atom. The summed E-state index contributed by atoms with van der Waals surface area (Å²) in [4.78, 5) is 0. The maximum Gasteiger partial charge on any atom is 0.231 e. The number of rotatable bonds is 6. The van der Waals surface area contributed by atoms with Crippen molar-refractivity contribution in [1.29, 1.82) is 0 Å². The third-order valence-corrected chi connectivity index (χ3v) is 4.10. The average Bonchev–Trinajstić information content (AvgIpc) is 3.00. The first kappa shape index (κ1) is 16.7. The summed E-state index contributed by atoms with van der Waals surface area (Å²) in [5.41, 5.74) is 2.18. The normalized spacial score (nSPS) is 13.4. The average molecular weight is 327 g/mol. The maximum absolute atomic E-state index is 5.76. The van der Waals surface area contributed by atoms with Crippen LogP contribution in [0.1, 0.15) is 38.8 Å². The summed E-state index contributed by atoms with van der Waals surface area (Å²) < 4.78 is 16.6. The van der Waals surface area contributed by atoms with Gasteiger partial charge in [-0.15, -0.1) is 0 Å². The first-order valence-electron chi connectivity index (χ1n) is 8.35. The van der Waals surface area contributed by atoms with E-state index in [9.17, 15) is 0 Å². The smallest absolute Gasteiger partial charge is 0.231 e. The topological polar surface area (TPSA) is 39.7 Å². The first-order valence-corrected chi connectivity index (χ1v) is 8.35. The van der Waals surface area contributed by atoms with Crippen molar-refractivity contribution in [2.45, 2.75) is 45.9 Å². The van der Waals surface area contributed by atoms with E-state index in [1.54, 1.807) is 0 Å². The Hall–Kier alpha value is -2.20. The lowest BCUT2D eigenvalue weighted by Gasteiger charge is -2.27. The highest BCUT2D eigenvalue weighted by molar-refractivity contribution is 5.46. The van der Waals surface area contributed by atoms with Crippen LogP contribution >= 0.6 is 0 Å². The largest absolute Gasteiger partial charge is 0.491 e. The van der Waals surface area contributed by atoms with Gasteiger partial charge >= 0.3 is 0 Å². The molecule has 0 fully saturated rings. The van der Waals surface area contributed by atoms with Gasteiger partial charge in [0.15, 0.2) is 11.5 Å². The predicted molar refractivity (Wildman–Crippen MR) is 94.6 cm³/mol. The molecule has 0 aliphatic carbocycles. The SMILES string of the molecule is CC(C)Oc1cccc(CNC(C)(C)c2ccc3c(c2)OCO3)c1. The molecule has 1 aliphatic heterocycles. The molecule has 3 rings (SSSR count). The molecule has 4 heteroatoms. The number of nitrogens with one attached hydrogen (secondary N) is 1. The Balaban J connectivity index is 1.69. The van der Waals surface area contributed by atoms with Crippen LogP contribution in [0.4, 0.5) is 0 Å². The minimum absolute atomic E-state index is 0.179. The zero-order valence-corrected chi connectivity index (χ0v) is 14.8. The molecule has 0 aromatic heterocycles. The zero-order chi connectivity index (χ0) is 17.2. The Bertz CT molecular complexity index is 710. The van der Waals surface area contributed by atoms with Gasteiger partial charge in [-0.3, -0.25) is 0 Å². The fourth-order valence-corrected chi connectivity index (χ4v) is 2.71. The van der Waals surface area contributed by atoms with E-state index in [0.29, 0.717) is 6.79 Å². The van der Waals surface area contributed by atoms with E-state index in [2.05, 4.69) is 37.4 Å². The quantitative estimate of drug-likeness (QED) is 0.862. The van der Waals surface area contributed by atoms with Crippen LogP contribution < -0.4 is 19.5 Å². The molecule has 0 unspecified atom stereocenters. The van der Waals surface area contributed by atoms with Crippen molar-refractivity contribution < 1.29 is 14.2 Å². The molecule has 0 radical (unpaired) electrons. The molecule has 4 nitrogen and oxygen atoms in total. The molecule has 0 saturated carbocycles. The first-order chi connectivity index (χ1) is 11.4. The predicted octanol–water partition coefficient (Wildman–Crippen LogP) is 4.23. The van der Waals surface area contributed by atoms with Crippen molar-refractivity contribution in [3.63, 3.8) is 0 Å². The fraction of sp³-hybridized carbons (Fsp3) is 0.400. The summed E-state index contributed by atoms with van der Waals surface area (Å²) in [7, 11) is 0. The van der Waals surface area contributed by atoms with E-state index in [-0.39, 0.29) is 11.6 Å². The lowest BCUT2D eigenvalue weighted by atomic mass is 9.93. The molecular weight excluding hydrogens is 302 g/mol. The molecule has 128 valence electrons. The highest BCUT2D eigenvalue weighted by Gasteiger charge is 2.23. The zero-order valence-electron chi connectivity index (χ0n) is 14.8. The second kappa shape index (κ2) is 6.73. The third-order valence-electron chi connectivity index (χ3n) is 4.10. The molecule has 0 saturated heterocycles. The van der Waals surface area contributed by atoms with Gasteiger partial charge in [-0.2, -0.15) is 0 Å². The van der Waals surface area contributed by atoms with Crippen molar-refractivity contribution in [3.05, 3.63) is 53.6 Å². The molecule has 1 aliphatic rings. The number of benzene rings is 2. The summed E-state index contributed by atoms with van der Waals surface area (Å²) in [6.07, 6.45) is 0.179. The van der Waals surface area contributed by atoms with E-state index in [4.69, 9.17) is 14.2 Å². The van der Waals surface area contributed by atoms with Crippen LogP contribution in [0.3, 0.4) is 0 Å². The highest BCUT2D eigenvalue weighted by atomic mass is 16.7. The molecule has 2 aromatic carbocycles. The van der Waals surface area contributed by atoms with Crippen molar-refractivity contribution >= 4 is 0 Å². The van der Waals surface area contributed by atoms with Crippen LogP contribution in [-0.2, 0) is 12.1 Å². The highest BCUT2D eigenvalue weighted by Crippen LogP contribution is 2.35. The minimum Gasteiger partial charge on any atom is -0.491 e. The van der Waals surface area contributed by atoms with Crippen LogP contribution in [0.15, 0.2) is 42.5 Å². The van der Waals surface area contributed by atoms with Gasteiger partial charge in [-0.05, 0) is 63.1 Å². The molecular formula is C20H25NO3. The summed E-state index contributed by atoms with van der Waals surface area (Å²) in [6.45, 7) is 9.46. The summed E-state index contributed by atoms with van der Waals surface area (Å²) in [5, 5.41) is 3.61. The van der Waals surface area contributed by atoms with E-state index in [0.717, 1.165) is 23.8 Å². The van der Waals surface area contributed by atoms with Gasteiger partial charge in [0.25, 0.3) is 0 Å². The van der Waals surface area contributed by atoms with E-state index < -0.39 is 0 Å². The molecule has 0 bridgehead atoms. The fourth-order valence-electron chi connectivity index (χ4n) is 2.71. The monoisotopic (exact) mass is 327 g/mol. The van der Waals surface area contributed by atoms with Crippen LogP contribution in [-0.4, -0.2) is 12.9 Å². The molecule has 0 atom stereocenters. The Labute approximate surface area is 143 Å². The maximum atomic E-state index is 5.76. The van der Waals surface area contributed by atoms with Gasteiger partial charge < -0.3 is 19.5 Å². The summed E-state index contributed by atoms with van der Waals surface area (Å²) >= 11 is 0. The third kappa shape index (κ3) is 3.82. The lowest BCUT2D eigenvalue weighted by molar-refractivity contribution is 0.174. The number of fused-ring (bicyclic) bond motifs is 1. The number of hydrogen-bond donors (Lipinski definition) is 1. The van der Waals surface area contributed by atoms with Crippen molar-refractivity contribution in [2.24, 2.45) is 0 Å². The van der Waals surface area contributed by atoms with Crippen LogP contribution in [0, 0.1) is 0 Å². The second-order valence-electron chi connectivity index (χ2n) is 6.86. The molecule has 2 aromatic rings. The lowest BCUT2D eigenvalue weighted by Crippen LogP contribution is -2.35. The van der Waals surface area contributed by atoms with E-state index in [1.807, 2.05) is 38.1 Å². The van der Waals surface area contributed by atoms with Crippen LogP contribution in [0.5, 0.6) is 17.2 Å². The number of hydrogen-bond acceptors (Lipinski definition) is 4. The van der Waals surface area contributed by atoms with E-state index in [1.165, 1.54) is 11.1 Å². The Morgan fingerprint density at radius 1 is 1.08 bits per heavy atom. The van der Waals surface area contributed by atoms with Crippen molar-refractivity contribution in [1.82, 2.24) is 5.32 Å². The Kier molecular flexibility index (Phi) is 4.67. The molecule has 1 N–H and O–H groups in total. The standard InChI is InChI=1S/C20H25NO3/c1-14(2)24-17-7-5-6-15(10-17)12-21-20(3,4)16-8-9-18-19(11-16)23-13-22-18/h5-11,14,21H,12-13H2,1-4H3. The molecule has 0 amide bonds. The molecule has 24 heavy (non-hydrogen) atoms. The summed E-state index contributed by atoms with van der Waals surface area (Å²) in [5.74, 6) is 2.54. The molecule has 1 heterocycles.